The van der Waals surface area contributed by atoms with Crippen molar-refractivity contribution < 1.29 is 18.3 Å². The van der Waals surface area contributed by atoms with Crippen molar-refractivity contribution in [3.05, 3.63) is 59.8 Å². The van der Waals surface area contributed by atoms with E-state index >= 15 is 0 Å². The maximum Gasteiger partial charge on any atom is 0.243 e. The minimum absolute atomic E-state index is 0.0175. The summed E-state index contributed by atoms with van der Waals surface area (Å²) in [5.41, 5.74) is 2.85. The van der Waals surface area contributed by atoms with Gasteiger partial charge in [0.25, 0.3) is 0 Å². The standard InChI is InChI=1S/C22H25N3O4S/c1-24-19-10-15(29-2)8-9-17(19)20-21(24)18(11-26)23-12-22(20)13-25(14-22)30(27,28)16-6-4-3-5-7-16/h3-10,18,23,26H,11-14H2,1-2H3/t18-/m0/s1. The van der Waals surface area contributed by atoms with Crippen LogP contribution in [0.1, 0.15) is 17.3 Å². The topological polar surface area (TPSA) is 83.8 Å². The highest BCUT2D eigenvalue weighted by molar-refractivity contribution is 7.89. The van der Waals surface area contributed by atoms with E-state index in [1.165, 1.54) is 0 Å². The van der Waals surface area contributed by atoms with Crippen LogP contribution < -0.4 is 10.1 Å². The van der Waals surface area contributed by atoms with Crippen LogP contribution in [0.4, 0.5) is 0 Å². The van der Waals surface area contributed by atoms with Crippen molar-refractivity contribution in [2.24, 2.45) is 7.05 Å². The smallest absolute Gasteiger partial charge is 0.243 e. The van der Waals surface area contributed by atoms with Crippen molar-refractivity contribution in [2.75, 3.05) is 33.4 Å². The fourth-order valence-electron chi connectivity index (χ4n) is 4.99. The van der Waals surface area contributed by atoms with Gasteiger partial charge in [-0.05, 0) is 29.8 Å². The number of benzene rings is 2. The molecule has 0 unspecified atom stereocenters. The molecule has 8 heteroatoms. The number of ether oxygens (including phenoxy) is 1. The Morgan fingerprint density at radius 2 is 1.93 bits per heavy atom. The predicted molar refractivity (Wildman–Crippen MR) is 114 cm³/mol. The fraction of sp³-hybridized carbons (Fsp3) is 0.364. The number of fused-ring (bicyclic) bond motifs is 4. The van der Waals surface area contributed by atoms with Gasteiger partial charge in [0.15, 0.2) is 0 Å². The highest BCUT2D eigenvalue weighted by Crippen LogP contribution is 2.47. The molecule has 2 aliphatic heterocycles. The van der Waals surface area contributed by atoms with Gasteiger partial charge in [0.2, 0.25) is 10.0 Å². The summed E-state index contributed by atoms with van der Waals surface area (Å²) in [6.07, 6.45) is 0. The van der Waals surface area contributed by atoms with E-state index < -0.39 is 10.0 Å². The van der Waals surface area contributed by atoms with E-state index in [0.717, 1.165) is 27.9 Å². The van der Waals surface area contributed by atoms with E-state index in [2.05, 4.69) is 9.88 Å². The van der Waals surface area contributed by atoms with Crippen molar-refractivity contribution in [2.45, 2.75) is 16.4 Å². The number of hydrogen-bond acceptors (Lipinski definition) is 5. The number of aryl methyl sites for hydroxylation is 1. The van der Waals surface area contributed by atoms with Crippen LogP contribution in [0, 0.1) is 0 Å². The van der Waals surface area contributed by atoms with Crippen LogP contribution in [0.5, 0.6) is 5.75 Å². The zero-order valence-corrected chi connectivity index (χ0v) is 17.8. The van der Waals surface area contributed by atoms with E-state index in [1.807, 2.05) is 31.3 Å². The molecule has 1 aromatic heterocycles. The van der Waals surface area contributed by atoms with Crippen LogP contribution in [0.2, 0.25) is 0 Å². The maximum atomic E-state index is 13.1. The Balaban J connectivity index is 1.59. The molecule has 3 aromatic rings. The molecule has 1 saturated heterocycles. The number of rotatable bonds is 4. The van der Waals surface area contributed by atoms with Crippen LogP contribution in [0.25, 0.3) is 10.9 Å². The highest BCUT2D eigenvalue weighted by atomic mass is 32.2. The molecule has 7 nitrogen and oxygen atoms in total. The van der Waals surface area contributed by atoms with Gasteiger partial charge in [0, 0.05) is 49.2 Å². The summed E-state index contributed by atoms with van der Waals surface area (Å²) in [6, 6.07) is 14.4. The van der Waals surface area contributed by atoms with Gasteiger partial charge in [-0.15, -0.1) is 0 Å². The lowest BCUT2D eigenvalue weighted by atomic mass is 9.70. The second kappa shape index (κ2) is 6.81. The molecular weight excluding hydrogens is 402 g/mol. The van der Waals surface area contributed by atoms with Gasteiger partial charge in [-0.25, -0.2) is 8.42 Å². The SMILES string of the molecule is COc1ccc2c3c(n(C)c2c1)[C@H](CO)NCC31CN(S(=O)(=O)c2ccccc2)C1. The van der Waals surface area contributed by atoms with Crippen LogP contribution in [-0.4, -0.2) is 55.7 Å². The summed E-state index contributed by atoms with van der Waals surface area (Å²) in [5, 5.41) is 14.5. The average molecular weight is 428 g/mol. The molecule has 0 radical (unpaired) electrons. The fourth-order valence-corrected chi connectivity index (χ4v) is 6.63. The monoisotopic (exact) mass is 427 g/mol. The molecule has 2 N–H and O–H groups in total. The largest absolute Gasteiger partial charge is 0.497 e. The number of sulfonamides is 1. The van der Waals surface area contributed by atoms with Crippen molar-refractivity contribution in [1.29, 1.82) is 0 Å². The normalized spacial score (nSPS) is 20.8. The predicted octanol–water partition coefficient (Wildman–Crippen LogP) is 1.77. The molecule has 0 bridgehead atoms. The molecule has 158 valence electrons. The molecule has 1 atom stereocenters. The molecule has 2 aliphatic rings. The van der Waals surface area contributed by atoms with Gasteiger partial charge >= 0.3 is 0 Å². The minimum atomic E-state index is -3.53. The summed E-state index contributed by atoms with van der Waals surface area (Å²) in [6.45, 7) is 1.43. The molecule has 3 heterocycles. The van der Waals surface area contributed by atoms with Gasteiger partial charge in [-0.1, -0.05) is 18.2 Å². The number of hydrogen-bond donors (Lipinski definition) is 2. The Hall–Kier alpha value is -2.39. The first-order valence-corrected chi connectivity index (χ1v) is 11.4. The van der Waals surface area contributed by atoms with Crippen molar-refractivity contribution in [1.82, 2.24) is 14.2 Å². The van der Waals surface area contributed by atoms with Gasteiger partial charge < -0.3 is 19.7 Å². The number of nitrogens with zero attached hydrogens (tertiary/aromatic N) is 2. The maximum absolute atomic E-state index is 13.1. The van der Waals surface area contributed by atoms with Crippen LogP contribution in [-0.2, 0) is 22.5 Å². The summed E-state index contributed by atoms with van der Waals surface area (Å²) in [5.74, 6) is 0.768. The molecule has 0 saturated carbocycles. The van der Waals surface area contributed by atoms with E-state index in [0.29, 0.717) is 24.5 Å². The second-order valence-electron chi connectivity index (χ2n) is 8.18. The third-order valence-electron chi connectivity index (χ3n) is 6.52. The first kappa shape index (κ1) is 19.6. The number of aliphatic hydroxyl groups is 1. The Kier molecular flexibility index (Phi) is 4.44. The Bertz CT molecular complexity index is 1210. The van der Waals surface area contributed by atoms with E-state index in [9.17, 15) is 13.5 Å². The van der Waals surface area contributed by atoms with Crippen LogP contribution >= 0.6 is 0 Å². The first-order chi connectivity index (χ1) is 14.4. The molecule has 0 aliphatic carbocycles. The third-order valence-corrected chi connectivity index (χ3v) is 8.33. The summed E-state index contributed by atoms with van der Waals surface area (Å²) in [4.78, 5) is 0.319. The number of methoxy groups -OCH3 is 1. The van der Waals surface area contributed by atoms with Gasteiger partial charge in [0.05, 0.1) is 30.2 Å². The quantitative estimate of drug-likeness (QED) is 0.663. The highest BCUT2D eigenvalue weighted by Gasteiger charge is 2.54. The molecule has 0 amide bonds. The molecule has 5 rings (SSSR count). The van der Waals surface area contributed by atoms with Crippen molar-refractivity contribution >= 4 is 20.9 Å². The van der Waals surface area contributed by atoms with Gasteiger partial charge in [-0.2, -0.15) is 4.31 Å². The van der Waals surface area contributed by atoms with Gasteiger partial charge in [-0.3, -0.25) is 0 Å². The van der Waals surface area contributed by atoms with Crippen molar-refractivity contribution in [3.63, 3.8) is 0 Å². The van der Waals surface area contributed by atoms with E-state index in [4.69, 9.17) is 4.74 Å². The zero-order valence-electron chi connectivity index (χ0n) is 17.0. The Morgan fingerprint density at radius 3 is 2.60 bits per heavy atom. The number of aromatic nitrogens is 1. The average Bonchev–Trinajstić information content (AvgIpc) is 3.05. The zero-order chi connectivity index (χ0) is 21.1. The van der Waals surface area contributed by atoms with Crippen LogP contribution in [0.15, 0.2) is 53.4 Å². The summed E-state index contributed by atoms with van der Waals surface area (Å²) < 4.78 is 35.2. The molecule has 1 spiro atoms. The molecule has 2 aromatic carbocycles. The second-order valence-corrected chi connectivity index (χ2v) is 10.1. The van der Waals surface area contributed by atoms with Crippen LogP contribution in [0.3, 0.4) is 0 Å². The lowest BCUT2D eigenvalue weighted by Crippen LogP contribution is -2.67. The van der Waals surface area contributed by atoms with Crippen molar-refractivity contribution in [3.8, 4) is 5.75 Å². The minimum Gasteiger partial charge on any atom is -0.497 e. The Morgan fingerprint density at radius 1 is 1.20 bits per heavy atom. The summed E-state index contributed by atoms with van der Waals surface area (Å²) >= 11 is 0. The lowest BCUT2D eigenvalue weighted by Gasteiger charge is -2.52. The molecule has 1 fully saturated rings. The summed E-state index contributed by atoms with van der Waals surface area (Å²) in [7, 11) is 0.101. The van der Waals surface area contributed by atoms with E-state index in [-0.39, 0.29) is 18.1 Å². The third kappa shape index (κ3) is 2.64. The molecule has 30 heavy (non-hydrogen) atoms. The number of aliphatic hydroxyl groups excluding tert-OH is 1. The first-order valence-electron chi connectivity index (χ1n) is 9.97. The van der Waals surface area contributed by atoms with E-state index in [1.54, 1.807) is 35.7 Å². The lowest BCUT2D eigenvalue weighted by molar-refractivity contribution is 0.121. The Labute approximate surface area is 175 Å². The molecular formula is C22H25N3O4S. The number of nitrogens with one attached hydrogen (secondary N) is 1. The van der Waals surface area contributed by atoms with Gasteiger partial charge in [0.1, 0.15) is 5.75 Å².